The second-order valence-corrected chi connectivity index (χ2v) is 7.12. The van der Waals surface area contributed by atoms with Crippen LogP contribution in [0.15, 0.2) is 17.3 Å². The molecule has 1 aliphatic carbocycles. The zero-order valence-electron chi connectivity index (χ0n) is 11.4. The molecule has 1 aromatic heterocycles. The minimum absolute atomic E-state index is 0.269. The highest BCUT2D eigenvalue weighted by molar-refractivity contribution is 7.89. The van der Waals surface area contributed by atoms with Gasteiger partial charge in [-0.05, 0) is 12.8 Å². The van der Waals surface area contributed by atoms with Crippen LogP contribution in [-0.4, -0.2) is 61.4 Å². The molecule has 2 aliphatic rings. The summed E-state index contributed by atoms with van der Waals surface area (Å²) in [5.74, 6) is 0. The molecular weight excluding hydrogens is 280 g/mol. The number of aromatic nitrogens is 2. The first-order chi connectivity index (χ1) is 9.66. The molecule has 1 aromatic rings. The Labute approximate surface area is 118 Å². The van der Waals surface area contributed by atoms with E-state index in [-0.39, 0.29) is 4.90 Å². The molecule has 2 fully saturated rings. The number of rotatable bonds is 6. The number of ether oxygens (including phenoxy) is 1. The summed E-state index contributed by atoms with van der Waals surface area (Å²) < 4.78 is 33.1. The fraction of sp³-hybridized carbons (Fsp3) is 0.750. The summed E-state index contributed by atoms with van der Waals surface area (Å²) in [6, 6.07) is 0.655. The molecule has 20 heavy (non-hydrogen) atoms. The van der Waals surface area contributed by atoms with Gasteiger partial charge in [0, 0.05) is 31.9 Å². The summed E-state index contributed by atoms with van der Waals surface area (Å²) in [6.45, 7) is 3.25. The zero-order chi connectivity index (χ0) is 14.0. The van der Waals surface area contributed by atoms with E-state index < -0.39 is 10.0 Å². The number of nitrogens with one attached hydrogen (secondary N) is 1. The van der Waals surface area contributed by atoms with E-state index in [1.165, 1.54) is 23.3 Å². The minimum atomic E-state index is -3.42. The molecule has 1 N–H and O–H groups in total. The summed E-state index contributed by atoms with van der Waals surface area (Å²) in [7, 11) is -3.42. The Bertz CT molecular complexity index is 547. The Kier molecular flexibility index (Phi) is 4.06. The van der Waals surface area contributed by atoms with Gasteiger partial charge in [-0.2, -0.15) is 9.40 Å². The third kappa shape index (κ3) is 3.20. The van der Waals surface area contributed by atoms with Crippen molar-refractivity contribution < 1.29 is 13.2 Å². The van der Waals surface area contributed by atoms with Gasteiger partial charge in [0.1, 0.15) is 4.90 Å². The highest BCUT2D eigenvalue weighted by atomic mass is 32.2. The van der Waals surface area contributed by atoms with Crippen molar-refractivity contribution in [3.63, 3.8) is 0 Å². The maximum atomic E-state index is 12.4. The van der Waals surface area contributed by atoms with Crippen molar-refractivity contribution in [1.29, 1.82) is 0 Å². The summed E-state index contributed by atoms with van der Waals surface area (Å²) in [4.78, 5) is 0.269. The average molecular weight is 300 g/mol. The average Bonchev–Trinajstić information content (AvgIpc) is 3.15. The summed E-state index contributed by atoms with van der Waals surface area (Å²) in [5.41, 5.74) is 0. The highest BCUT2D eigenvalue weighted by Gasteiger charge is 2.27. The lowest BCUT2D eigenvalue weighted by atomic mass is 10.5. The van der Waals surface area contributed by atoms with Crippen molar-refractivity contribution >= 4 is 10.0 Å². The van der Waals surface area contributed by atoms with Crippen LogP contribution in [0.5, 0.6) is 0 Å². The Morgan fingerprint density at radius 2 is 2.10 bits per heavy atom. The largest absolute Gasteiger partial charge is 0.379 e. The third-order valence-electron chi connectivity index (χ3n) is 3.57. The second kappa shape index (κ2) is 5.80. The van der Waals surface area contributed by atoms with E-state index in [0.29, 0.717) is 38.9 Å². The molecule has 1 saturated heterocycles. The van der Waals surface area contributed by atoms with E-state index in [1.807, 2.05) is 0 Å². The maximum Gasteiger partial charge on any atom is 0.246 e. The Hall–Kier alpha value is -0.960. The van der Waals surface area contributed by atoms with E-state index in [1.54, 1.807) is 10.9 Å². The van der Waals surface area contributed by atoms with Gasteiger partial charge in [-0.1, -0.05) is 0 Å². The standard InChI is InChI=1S/C12H20N4O3S/c17-20(18,16-5-7-19-8-6-16)12-9-14-15(10-12)4-3-13-11-1-2-11/h9-11,13H,1-8H2. The molecule has 0 spiro atoms. The predicted octanol–water partition coefficient (Wildman–Crippen LogP) is -0.344. The monoisotopic (exact) mass is 300 g/mol. The third-order valence-corrected chi connectivity index (χ3v) is 5.42. The van der Waals surface area contributed by atoms with Crippen molar-refractivity contribution in [2.75, 3.05) is 32.8 Å². The van der Waals surface area contributed by atoms with Crippen LogP contribution in [0.4, 0.5) is 0 Å². The lowest BCUT2D eigenvalue weighted by molar-refractivity contribution is 0.0730. The van der Waals surface area contributed by atoms with Crippen LogP contribution in [0.3, 0.4) is 0 Å². The predicted molar refractivity (Wildman–Crippen MR) is 72.8 cm³/mol. The van der Waals surface area contributed by atoms with Crippen LogP contribution < -0.4 is 5.32 Å². The van der Waals surface area contributed by atoms with Gasteiger partial charge < -0.3 is 10.1 Å². The first-order valence-electron chi connectivity index (χ1n) is 7.00. The molecule has 0 bridgehead atoms. The van der Waals surface area contributed by atoms with Crippen LogP contribution in [-0.2, 0) is 21.3 Å². The van der Waals surface area contributed by atoms with Gasteiger partial charge in [0.15, 0.2) is 0 Å². The smallest absolute Gasteiger partial charge is 0.246 e. The molecule has 0 atom stereocenters. The molecule has 0 amide bonds. The lowest BCUT2D eigenvalue weighted by Gasteiger charge is -2.25. The molecule has 3 rings (SSSR count). The maximum absolute atomic E-state index is 12.4. The van der Waals surface area contributed by atoms with Gasteiger partial charge in [0.25, 0.3) is 0 Å². The minimum Gasteiger partial charge on any atom is -0.379 e. The van der Waals surface area contributed by atoms with Gasteiger partial charge in [-0.15, -0.1) is 0 Å². The summed E-state index contributed by atoms with van der Waals surface area (Å²) in [6.07, 6.45) is 5.53. The van der Waals surface area contributed by atoms with E-state index >= 15 is 0 Å². The number of sulfonamides is 1. The van der Waals surface area contributed by atoms with E-state index in [2.05, 4.69) is 10.4 Å². The Balaban J connectivity index is 1.61. The van der Waals surface area contributed by atoms with Crippen molar-refractivity contribution in [2.45, 2.75) is 30.3 Å². The van der Waals surface area contributed by atoms with Gasteiger partial charge in [-0.3, -0.25) is 4.68 Å². The fourth-order valence-corrected chi connectivity index (χ4v) is 3.57. The van der Waals surface area contributed by atoms with Gasteiger partial charge in [-0.25, -0.2) is 8.42 Å². The molecule has 0 unspecified atom stereocenters. The molecular formula is C12H20N4O3S. The quantitative estimate of drug-likeness (QED) is 0.777. The zero-order valence-corrected chi connectivity index (χ0v) is 12.2. The second-order valence-electron chi connectivity index (χ2n) is 5.18. The molecule has 8 heteroatoms. The van der Waals surface area contributed by atoms with Crippen molar-refractivity contribution in [1.82, 2.24) is 19.4 Å². The van der Waals surface area contributed by atoms with Crippen molar-refractivity contribution in [2.24, 2.45) is 0 Å². The Morgan fingerprint density at radius 1 is 1.35 bits per heavy atom. The number of morpholine rings is 1. The first kappa shape index (κ1) is 14.0. The van der Waals surface area contributed by atoms with Crippen LogP contribution in [0.25, 0.3) is 0 Å². The summed E-state index contributed by atoms with van der Waals surface area (Å²) in [5, 5.41) is 7.51. The van der Waals surface area contributed by atoms with Gasteiger partial charge >= 0.3 is 0 Å². The first-order valence-corrected chi connectivity index (χ1v) is 8.44. The summed E-state index contributed by atoms with van der Waals surface area (Å²) >= 11 is 0. The topological polar surface area (TPSA) is 76.5 Å². The molecule has 0 aromatic carbocycles. The van der Waals surface area contributed by atoms with Crippen LogP contribution in [0, 0.1) is 0 Å². The van der Waals surface area contributed by atoms with Gasteiger partial charge in [0.2, 0.25) is 10.0 Å². The fourth-order valence-electron chi connectivity index (χ4n) is 2.21. The molecule has 7 nitrogen and oxygen atoms in total. The molecule has 1 aliphatic heterocycles. The van der Waals surface area contributed by atoms with Gasteiger partial charge in [0.05, 0.1) is 26.0 Å². The highest BCUT2D eigenvalue weighted by Crippen LogP contribution is 2.18. The number of hydrogen-bond donors (Lipinski definition) is 1. The van der Waals surface area contributed by atoms with Crippen LogP contribution in [0.2, 0.25) is 0 Å². The molecule has 2 heterocycles. The molecule has 112 valence electrons. The lowest BCUT2D eigenvalue weighted by Crippen LogP contribution is -2.40. The van der Waals surface area contributed by atoms with Crippen LogP contribution in [0.1, 0.15) is 12.8 Å². The van der Waals surface area contributed by atoms with E-state index in [0.717, 1.165) is 6.54 Å². The number of nitrogens with zero attached hydrogens (tertiary/aromatic N) is 3. The van der Waals surface area contributed by atoms with Crippen molar-refractivity contribution in [3.05, 3.63) is 12.4 Å². The van der Waals surface area contributed by atoms with E-state index in [9.17, 15) is 8.42 Å². The SMILES string of the molecule is O=S(=O)(c1cnn(CCNC2CC2)c1)N1CCOCC1. The van der Waals surface area contributed by atoms with Crippen molar-refractivity contribution in [3.8, 4) is 0 Å². The normalized spacial score (nSPS) is 21.2. The molecule has 0 radical (unpaired) electrons. The van der Waals surface area contributed by atoms with E-state index in [4.69, 9.17) is 4.74 Å². The Morgan fingerprint density at radius 3 is 2.80 bits per heavy atom. The molecule has 1 saturated carbocycles. The van der Waals surface area contributed by atoms with Crippen LogP contribution >= 0.6 is 0 Å². The number of hydrogen-bond acceptors (Lipinski definition) is 5.